The normalized spacial score (nSPS) is 15.6. The van der Waals surface area contributed by atoms with E-state index in [0.29, 0.717) is 0 Å². The molecule has 1 aromatic rings. The second kappa shape index (κ2) is 7.25. The lowest BCUT2D eigenvalue weighted by molar-refractivity contribution is 0.122. The molecular weight excluding hydrogens is 244 g/mol. The van der Waals surface area contributed by atoms with Crippen LogP contribution in [0.4, 0.5) is 11.8 Å². The smallest absolute Gasteiger partial charge is 0.227 e. The highest BCUT2D eigenvalue weighted by Crippen LogP contribution is 2.14. The van der Waals surface area contributed by atoms with Gasteiger partial charge in [0.2, 0.25) is 5.95 Å². The summed E-state index contributed by atoms with van der Waals surface area (Å²) < 4.78 is 10.4. The highest BCUT2D eigenvalue weighted by atomic mass is 16.5. The van der Waals surface area contributed by atoms with Crippen molar-refractivity contribution in [2.24, 2.45) is 0 Å². The van der Waals surface area contributed by atoms with E-state index in [0.717, 1.165) is 63.3 Å². The van der Waals surface area contributed by atoms with Crippen LogP contribution in [0.25, 0.3) is 0 Å². The zero-order valence-corrected chi connectivity index (χ0v) is 11.7. The number of anilines is 2. The fourth-order valence-corrected chi connectivity index (χ4v) is 1.98. The summed E-state index contributed by atoms with van der Waals surface area (Å²) in [5, 5.41) is 3.31. The first kappa shape index (κ1) is 14.0. The van der Waals surface area contributed by atoms with E-state index in [9.17, 15) is 0 Å². The molecule has 1 N–H and O–H groups in total. The summed E-state index contributed by atoms with van der Waals surface area (Å²) in [6.07, 6.45) is 0.965. The number of morpholine rings is 1. The molecule has 1 saturated heterocycles. The molecule has 0 aliphatic carbocycles. The largest absolute Gasteiger partial charge is 0.385 e. The van der Waals surface area contributed by atoms with Gasteiger partial charge in [-0.1, -0.05) is 0 Å². The van der Waals surface area contributed by atoms with E-state index >= 15 is 0 Å². The van der Waals surface area contributed by atoms with Crippen molar-refractivity contribution in [2.75, 3.05) is 56.8 Å². The molecule has 0 saturated carbocycles. The Kier molecular flexibility index (Phi) is 5.35. The molecular formula is C13H22N4O2. The summed E-state index contributed by atoms with van der Waals surface area (Å²) in [4.78, 5) is 11.2. The number of rotatable bonds is 6. The lowest BCUT2D eigenvalue weighted by Crippen LogP contribution is -2.37. The highest BCUT2D eigenvalue weighted by Gasteiger charge is 2.14. The molecule has 2 rings (SSSR count). The van der Waals surface area contributed by atoms with Crippen LogP contribution in [0.2, 0.25) is 0 Å². The molecule has 1 fully saturated rings. The Balaban J connectivity index is 1.97. The van der Waals surface area contributed by atoms with E-state index in [1.165, 1.54) is 0 Å². The number of ether oxygens (including phenoxy) is 2. The molecule has 19 heavy (non-hydrogen) atoms. The zero-order valence-electron chi connectivity index (χ0n) is 11.7. The maximum Gasteiger partial charge on any atom is 0.227 e. The highest BCUT2D eigenvalue weighted by molar-refractivity contribution is 5.43. The summed E-state index contributed by atoms with van der Waals surface area (Å²) in [5.74, 6) is 1.67. The molecule has 6 heteroatoms. The van der Waals surface area contributed by atoms with E-state index in [4.69, 9.17) is 9.47 Å². The van der Waals surface area contributed by atoms with Crippen LogP contribution < -0.4 is 10.2 Å². The minimum Gasteiger partial charge on any atom is -0.385 e. The number of methoxy groups -OCH3 is 1. The van der Waals surface area contributed by atoms with Gasteiger partial charge in [0.05, 0.1) is 13.2 Å². The fraction of sp³-hybridized carbons (Fsp3) is 0.692. The predicted molar refractivity (Wildman–Crippen MR) is 74.8 cm³/mol. The van der Waals surface area contributed by atoms with Crippen molar-refractivity contribution in [1.29, 1.82) is 0 Å². The molecule has 1 aliphatic heterocycles. The van der Waals surface area contributed by atoms with E-state index in [-0.39, 0.29) is 0 Å². The molecule has 0 amide bonds. The molecule has 2 heterocycles. The number of nitrogens with one attached hydrogen (secondary N) is 1. The third-order valence-corrected chi connectivity index (χ3v) is 2.97. The minimum atomic E-state index is 0.744. The van der Waals surface area contributed by atoms with Crippen molar-refractivity contribution < 1.29 is 9.47 Å². The van der Waals surface area contributed by atoms with Gasteiger partial charge in [0.1, 0.15) is 5.82 Å². The molecule has 0 spiro atoms. The monoisotopic (exact) mass is 266 g/mol. The number of nitrogens with zero attached hydrogens (tertiary/aromatic N) is 3. The second-order valence-electron chi connectivity index (χ2n) is 4.57. The van der Waals surface area contributed by atoms with Crippen LogP contribution in [0.3, 0.4) is 0 Å². The fourth-order valence-electron chi connectivity index (χ4n) is 1.98. The lowest BCUT2D eigenvalue weighted by atomic mass is 10.4. The summed E-state index contributed by atoms with van der Waals surface area (Å²) in [5.41, 5.74) is 0.978. The average molecular weight is 266 g/mol. The molecule has 1 aromatic heterocycles. The van der Waals surface area contributed by atoms with Crippen LogP contribution in [0, 0.1) is 6.92 Å². The number of hydrogen-bond donors (Lipinski definition) is 1. The topological polar surface area (TPSA) is 59.5 Å². The maximum absolute atomic E-state index is 5.35. The van der Waals surface area contributed by atoms with Gasteiger partial charge >= 0.3 is 0 Å². The Morgan fingerprint density at radius 1 is 1.37 bits per heavy atom. The Hall–Kier alpha value is -1.40. The third-order valence-electron chi connectivity index (χ3n) is 2.97. The molecule has 0 unspecified atom stereocenters. The summed E-state index contributed by atoms with van der Waals surface area (Å²) in [6.45, 7) is 6.80. The average Bonchev–Trinajstić information content (AvgIpc) is 2.44. The third kappa shape index (κ3) is 4.33. The Labute approximate surface area is 114 Å². The van der Waals surface area contributed by atoms with Crippen molar-refractivity contribution in [2.45, 2.75) is 13.3 Å². The van der Waals surface area contributed by atoms with Crippen LogP contribution >= 0.6 is 0 Å². The van der Waals surface area contributed by atoms with Gasteiger partial charge in [-0.3, -0.25) is 0 Å². The number of hydrogen-bond acceptors (Lipinski definition) is 6. The molecule has 0 bridgehead atoms. The van der Waals surface area contributed by atoms with Crippen molar-refractivity contribution in [3.05, 3.63) is 11.8 Å². The predicted octanol–water partition coefficient (Wildman–Crippen LogP) is 1.07. The summed E-state index contributed by atoms with van der Waals surface area (Å²) in [6, 6.07) is 1.97. The van der Waals surface area contributed by atoms with E-state index < -0.39 is 0 Å². The lowest BCUT2D eigenvalue weighted by Gasteiger charge is -2.27. The van der Waals surface area contributed by atoms with Crippen LogP contribution in [-0.2, 0) is 9.47 Å². The molecule has 0 aromatic carbocycles. The van der Waals surface area contributed by atoms with Crippen LogP contribution in [-0.4, -0.2) is 56.5 Å². The number of aromatic nitrogens is 2. The van der Waals surface area contributed by atoms with Crippen LogP contribution in [0.5, 0.6) is 0 Å². The van der Waals surface area contributed by atoms with Gasteiger partial charge in [-0.25, -0.2) is 4.98 Å². The molecule has 106 valence electrons. The van der Waals surface area contributed by atoms with Crippen LogP contribution in [0.15, 0.2) is 6.07 Å². The first-order chi connectivity index (χ1) is 9.29. The Morgan fingerprint density at radius 2 is 2.16 bits per heavy atom. The van der Waals surface area contributed by atoms with Gasteiger partial charge in [-0.2, -0.15) is 4.98 Å². The van der Waals surface area contributed by atoms with Crippen molar-refractivity contribution in [1.82, 2.24) is 9.97 Å². The maximum atomic E-state index is 5.35. The standard InChI is InChI=1S/C13H22N4O2/c1-11-10-12(14-4-3-7-18-2)16-13(15-11)17-5-8-19-9-6-17/h10H,3-9H2,1-2H3,(H,14,15,16). The molecule has 6 nitrogen and oxygen atoms in total. The van der Waals surface area contributed by atoms with E-state index in [1.54, 1.807) is 7.11 Å². The first-order valence-corrected chi connectivity index (χ1v) is 6.71. The van der Waals surface area contributed by atoms with Crippen molar-refractivity contribution >= 4 is 11.8 Å². The molecule has 0 atom stereocenters. The van der Waals surface area contributed by atoms with E-state index in [2.05, 4.69) is 20.2 Å². The summed E-state index contributed by atoms with van der Waals surface area (Å²) in [7, 11) is 1.71. The molecule has 0 radical (unpaired) electrons. The van der Waals surface area contributed by atoms with Gasteiger partial charge in [0.25, 0.3) is 0 Å². The van der Waals surface area contributed by atoms with Crippen molar-refractivity contribution in [3.8, 4) is 0 Å². The SMILES string of the molecule is COCCCNc1cc(C)nc(N2CCOCC2)n1. The molecule has 1 aliphatic rings. The number of aryl methyl sites for hydroxylation is 1. The van der Waals surface area contributed by atoms with Crippen molar-refractivity contribution in [3.63, 3.8) is 0 Å². The quantitative estimate of drug-likeness (QED) is 0.777. The summed E-state index contributed by atoms with van der Waals surface area (Å²) >= 11 is 0. The zero-order chi connectivity index (χ0) is 13.5. The van der Waals surface area contributed by atoms with Gasteiger partial charge in [-0.15, -0.1) is 0 Å². The minimum absolute atomic E-state index is 0.744. The van der Waals surface area contributed by atoms with Gasteiger partial charge in [-0.05, 0) is 13.3 Å². The van der Waals surface area contributed by atoms with E-state index in [1.807, 2.05) is 13.0 Å². The first-order valence-electron chi connectivity index (χ1n) is 6.71. The van der Waals surface area contributed by atoms with Gasteiger partial charge in [0.15, 0.2) is 0 Å². The van der Waals surface area contributed by atoms with Gasteiger partial charge < -0.3 is 19.7 Å². The second-order valence-corrected chi connectivity index (χ2v) is 4.57. The van der Waals surface area contributed by atoms with Gasteiger partial charge in [0, 0.05) is 45.1 Å². The Bertz CT molecular complexity index is 394. The Morgan fingerprint density at radius 3 is 2.89 bits per heavy atom. The van der Waals surface area contributed by atoms with Crippen LogP contribution in [0.1, 0.15) is 12.1 Å².